The van der Waals surface area contributed by atoms with Gasteiger partial charge in [0, 0.05) is 12.1 Å². The van der Waals surface area contributed by atoms with Crippen molar-refractivity contribution in [2.24, 2.45) is 0 Å². The Kier molecular flexibility index (Phi) is 6.16. The van der Waals surface area contributed by atoms with E-state index in [0.717, 1.165) is 0 Å². The van der Waals surface area contributed by atoms with Crippen LogP contribution < -0.4 is 14.4 Å². The number of aryl methyl sites for hydroxylation is 1. The van der Waals surface area contributed by atoms with Crippen LogP contribution in [0.3, 0.4) is 0 Å². The number of aromatic nitrogens is 2. The second-order valence-corrected chi connectivity index (χ2v) is 5.05. The maximum absolute atomic E-state index is 11.7. The minimum Gasteiger partial charge on any atom is -0.493 e. The van der Waals surface area contributed by atoms with Crippen LogP contribution in [-0.2, 0) is 16.1 Å². The molecule has 1 aromatic carbocycles. The summed E-state index contributed by atoms with van der Waals surface area (Å²) in [6.07, 6.45) is 1.39. The topological polar surface area (TPSA) is 122 Å². The summed E-state index contributed by atoms with van der Waals surface area (Å²) < 4.78 is 20.1. The molecule has 0 aliphatic rings. The van der Waals surface area contributed by atoms with Gasteiger partial charge in [-0.05, 0) is 35.6 Å². The average molecular weight is 359 g/mol. The summed E-state index contributed by atoms with van der Waals surface area (Å²) in [6.45, 7) is 3.40. The third-order valence-electron chi connectivity index (χ3n) is 3.37. The number of hydrogen-bond acceptors (Lipinski definition) is 8. The number of esters is 1. The highest BCUT2D eigenvalue weighted by atomic mass is 16.8. The molecule has 9 heteroatoms. The van der Waals surface area contributed by atoms with Gasteiger partial charge in [-0.2, -0.15) is 5.26 Å². The molecule has 0 atom stereocenters. The van der Waals surface area contributed by atoms with Gasteiger partial charge in [0.25, 0.3) is 0 Å². The normalized spacial score (nSPS) is 10.9. The molecule has 0 saturated heterocycles. The summed E-state index contributed by atoms with van der Waals surface area (Å²) in [4.78, 5) is 12.0. The number of benzene rings is 1. The van der Waals surface area contributed by atoms with Gasteiger partial charge in [0.2, 0.25) is 11.4 Å². The first kappa shape index (κ1) is 18.8. The molecule has 0 radical (unpaired) electrons. The Hall–Kier alpha value is -3.54. The van der Waals surface area contributed by atoms with Crippen LogP contribution in [0.1, 0.15) is 23.9 Å². The van der Waals surface area contributed by atoms with Gasteiger partial charge in [-0.1, -0.05) is 6.07 Å². The summed E-state index contributed by atoms with van der Waals surface area (Å²) in [5.74, 6) is 0.0450. The fourth-order valence-corrected chi connectivity index (χ4v) is 2.04. The van der Waals surface area contributed by atoms with E-state index in [1.165, 1.54) is 13.2 Å². The third kappa shape index (κ3) is 4.30. The smallest absolute Gasteiger partial charge is 0.348 e. The molecular weight excluding hydrogens is 342 g/mol. The van der Waals surface area contributed by atoms with Gasteiger partial charge in [0.15, 0.2) is 18.1 Å². The maximum Gasteiger partial charge on any atom is 0.348 e. The van der Waals surface area contributed by atoms with Crippen LogP contribution in [0.5, 0.6) is 11.5 Å². The number of rotatable bonds is 7. The first-order chi connectivity index (χ1) is 12.5. The molecule has 0 bridgehead atoms. The zero-order valence-corrected chi connectivity index (χ0v) is 14.5. The molecule has 136 valence electrons. The molecule has 2 aromatic rings. The fraction of sp³-hybridized carbons (Fsp3) is 0.294. The summed E-state index contributed by atoms with van der Waals surface area (Å²) in [5.41, 5.74) is 1.09. The van der Waals surface area contributed by atoms with Crippen LogP contribution in [0.25, 0.3) is 6.08 Å². The lowest BCUT2D eigenvalue weighted by atomic mass is 10.1. The Labute approximate surface area is 149 Å². The zero-order valence-electron chi connectivity index (χ0n) is 14.5. The molecule has 0 saturated carbocycles. The van der Waals surface area contributed by atoms with Crippen LogP contribution in [0, 0.1) is 23.5 Å². The molecule has 9 nitrogen and oxygen atoms in total. The van der Waals surface area contributed by atoms with Crippen molar-refractivity contribution in [3.63, 3.8) is 0 Å². The van der Waals surface area contributed by atoms with Crippen LogP contribution in [0.15, 0.2) is 28.4 Å². The van der Waals surface area contributed by atoms with Crippen molar-refractivity contribution in [2.45, 2.75) is 20.5 Å². The van der Waals surface area contributed by atoms with E-state index in [2.05, 4.69) is 9.79 Å². The van der Waals surface area contributed by atoms with Gasteiger partial charge in [0.1, 0.15) is 11.6 Å². The van der Waals surface area contributed by atoms with Crippen molar-refractivity contribution in [1.82, 2.24) is 5.16 Å². The number of nitriles is 1. The molecule has 0 N–H and O–H groups in total. The van der Waals surface area contributed by atoms with E-state index < -0.39 is 5.97 Å². The van der Waals surface area contributed by atoms with E-state index in [0.29, 0.717) is 22.8 Å². The van der Waals surface area contributed by atoms with Crippen molar-refractivity contribution in [3.8, 4) is 17.6 Å². The van der Waals surface area contributed by atoms with Crippen molar-refractivity contribution in [1.29, 1.82) is 5.26 Å². The Balaban J connectivity index is 2.21. The van der Waals surface area contributed by atoms with Crippen molar-refractivity contribution in [2.75, 3.05) is 13.7 Å². The third-order valence-corrected chi connectivity index (χ3v) is 3.37. The van der Waals surface area contributed by atoms with E-state index in [9.17, 15) is 10.0 Å². The monoisotopic (exact) mass is 359 g/mol. The highest BCUT2D eigenvalue weighted by Crippen LogP contribution is 2.29. The lowest BCUT2D eigenvalue weighted by Crippen LogP contribution is -2.29. The fourth-order valence-electron chi connectivity index (χ4n) is 2.04. The quantitative estimate of drug-likeness (QED) is 0.317. The van der Waals surface area contributed by atoms with Crippen molar-refractivity contribution < 1.29 is 28.5 Å². The van der Waals surface area contributed by atoms with E-state index in [1.807, 2.05) is 0 Å². The predicted octanol–water partition coefficient (Wildman–Crippen LogP) is 1.67. The van der Waals surface area contributed by atoms with E-state index in [4.69, 9.17) is 19.5 Å². The largest absolute Gasteiger partial charge is 0.493 e. The molecule has 0 aliphatic heterocycles. The molecule has 1 aromatic heterocycles. The van der Waals surface area contributed by atoms with E-state index >= 15 is 0 Å². The van der Waals surface area contributed by atoms with Gasteiger partial charge < -0.3 is 19.4 Å². The molecule has 1 heterocycles. The molecule has 0 spiro atoms. The Morgan fingerprint density at radius 1 is 1.46 bits per heavy atom. The highest BCUT2D eigenvalue weighted by molar-refractivity contribution is 5.97. The van der Waals surface area contributed by atoms with Crippen LogP contribution in [-0.4, -0.2) is 24.8 Å². The standard InChI is InChI=1S/C17H17N3O6/c1-4-24-17(21)13(9-18)7-12-5-6-15(16(8-12)23-3)25-10-14-11(2)19-26-20(14)22/h5-8H,4,10H2,1-3H3/b13-7-. The number of carbonyl (C=O) groups is 1. The molecule has 0 amide bonds. The van der Waals surface area contributed by atoms with Gasteiger partial charge in [-0.15, -0.1) is 0 Å². The van der Waals surface area contributed by atoms with Crippen LogP contribution >= 0.6 is 0 Å². The maximum atomic E-state index is 11.7. The number of methoxy groups -OCH3 is 1. The van der Waals surface area contributed by atoms with Gasteiger partial charge >= 0.3 is 5.97 Å². The molecule has 2 rings (SSSR count). The minimum atomic E-state index is -0.697. The summed E-state index contributed by atoms with van der Waals surface area (Å²) in [5, 5.41) is 24.1. The molecule has 0 unspecified atom stereocenters. The SMILES string of the molecule is CCOC(=O)/C(C#N)=C\c1ccc(OCc2c(C)no[n+]2[O-])c(OC)c1. The summed E-state index contributed by atoms with van der Waals surface area (Å²) >= 11 is 0. The summed E-state index contributed by atoms with van der Waals surface area (Å²) in [6, 6.07) is 6.64. The average Bonchev–Trinajstić information content (AvgIpc) is 2.96. The zero-order chi connectivity index (χ0) is 19.1. The second kappa shape index (κ2) is 8.53. The lowest BCUT2D eigenvalue weighted by Gasteiger charge is -2.10. The van der Waals surface area contributed by atoms with Crippen LogP contribution in [0.2, 0.25) is 0 Å². The Morgan fingerprint density at radius 2 is 2.23 bits per heavy atom. The summed E-state index contributed by atoms with van der Waals surface area (Å²) in [7, 11) is 1.45. The molecule has 0 aliphatic carbocycles. The second-order valence-electron chi connectivity index (χ2n) is 5.05. The predicted molar refractivity (Wildman–Crippen MR) is 87.7 cm³/mol. The van der Waals surface area contributed by atoms with E-state index in [1.54, 1.807) is 38.1 Å². The van der Waals surface area contributed by atoms with Gasteiger partial charge in [-0.3, -0.25) is 4.63 Å². The number of nitrogens with zero attached hydrogens (tertiary/aromatic N) is 3. The number of carbonyl (C=O) groups excluding carboxylic acids is 1. The molecular formula is C17H17N3O6. The van der Waals surface area contributed by atoms with E-state index in [-0.39, 0.29) is 29.4 Å². The first-order valence-electron chi connectivity index (χ1n) is 7.65. The van der Waals surface area contributed by atoms with Crippen molar-refractivity contribution in [3.05, 3.63) is 45.9 Å². The minimum absolute atomic E-state index is 0.0589. The lowest BCUT2D eigenvalue weighted by molar-refractivity contribution is -0.808. The van der Waals surface area contributed by atoms with Gasteiger partial charge in [-0.25, -0.2) is 4.79 Å². The molecule has 26 heavy (non-hydrogen) atoms. The highest BCUT2D eigenvalue weighted by Gasteiger charge is 2.17. The first-order valence-corrected chi connectivity index (χ1v) is 7.65. The Bertz CT molecular complexity index is 846. The van der Waals surface area contributed by atoms with Crippen molar-refractivity contribution >= 4 is 12.0 Å². The Morgan fingerprint density at radius 3 is 2.81 bits per heavy atom. The van der Waals surface area contributed by atoms with Gasteiger partial charge in [0.05, 0.1) is 13.7 Å². The molecule has 0 fully saturated rings. The van der Waals surface area contributed by atoms with Crippen LogP contribution in [0.4, 0.5) is 0 Å². The number of ether oxygens (including phenoxy) is 3. The number of hydrogen-bond donors (Lipinski definition) is 0.